The Labute approximate surface area is 113 Å². The van der Waals surface area contributed by atoms with Crippen LogP contribution >= 0.6 is 0 Å². The molecule has 0 aromatic heterocycles. The maximum absolute atomic E-state index is 11.8. The van der Waals surface area contributed by atoms with E-state index < -0.39 is 6.04 Å². The first-order valence-electron chi connectivity index (χ1n) is 6.26. The number of aliphatic hydroxyl groups excluding tert-OH is 1. The van der Waals surface area contributed by atoms with E-state index in [1.54, 1.807) is 6.92 Å². The van der Waals surface area contributed by atoms with Crippen LogP contribution in [0.5, 0.6) is 0 Å². The zero-order valence-corrected chi connectivity index (χ0v) is 11.3. The van der Waals surface area contributed by atoms with Crippen LogP contribution in [0.25, 0.3) is 0 Å². The molecule has 2 N–H and O–H groups in total. The Morgan fingerprint density at radius 1 is 1.32 bits per heavy atom. The van der Waals surface area contributed by atoms with Crippen LogP contribution in [-0.4, -0.2) is 41.0 Å². The molecule has 0 spiro atoms. The fourth-order valence-corrected chi connectivity index (χ4v) is 1.77. The van der Waals surface area contributed by atoms with Gasteiger partial charge in [0, 0.05) is 20.0 Å². The number of hydrogen-bond acceptors (Lipinski definition) is 3. The van der Waals surface area contributed by atoms with Gasteiger partial charge in [-0.1, -0.05) is 30.3 Å². The van der Waals surface area contributed by atoms with E-state index >= 15 is 0 Å². The highest BCUT2D eigenvalue weighted by Crippen LogP contribution is 2.09. The Bertz CT molecular complexity index is 420. The van der Waals surface area contributed by atoms with E-state index in [2.05, 4.69) is 5.32 Å². The van der Waals surface area contributed by atoms with Gasteiger partial charge < -0.3 is 15.3 Å². The van der Waals surface area contributed by atoms with Gasteiger partial charge in [-0.15, -0.1) is 0 Å². The minimum atomic E-state index is -0.566. The molecule has 5 nitrogen and oxygen atoms in total. The van der Waals surface area contributed by atoms with E-state index in [9.17, 15) is 9.59 Å². The molecular weight excluding hydrogens is 244 g/mol. The smallest absolute Gasteiger partial charge is 0.242 e. The Hall–Kier alpha value is -1.88. The van der Waals surface area contributed by atoms with Crippen molar-refractivity contribution >= 4 is 11.8 Å². The molecule has 0 aliphatic carbocycles. The van der Waals surface area contributed by atoms with Crippen LogP contribution in [0.15, 0.2) is 30.3 Å². The van der Waals surface area contributed by atoms with E-state index in [-0.39, 0.29) is 25.0 Å². The van der Waals surface area contributed by atoms with Crippen molar-refractivity contribution in [2.24, 2.45) is 0 Å². The number of carbonyl (C=O) groups is 2. The largest absolute Gasteiger partial charge is 0.395 e. The average Bonchev–Trinajstić information content (AvgIpc) is 2.42. The Kier molecular flexibility index (Phi) is 6.02. The summed E-state index contributed by atoms with van der Waals surface area (Å²) >= 11 is 0. The summed E-state index contributed by atoms with van der Waals surface area (Å²) in [6.07, 6.45) is 0. The predicted octanol–water partition coefficient (Wildman–Crippen LogP) is 0.532. The fraction of sp³-hybridized carbons (Fsp3) is 0.429. The molecule has 0 saturated heterocycles. The molecule has 0 radical (unpaired) electrons. The van der Waals surface area contributed by atoms with Crippen molar-refractivity contribution in [3.63, 3.8) is 0 Å². The lowest BCUT2D eigenvalue weighted by molar-refractivity contribution is -0.139. The van der Waals surface area contributed by atoms with Crippen molar-refractivity contribution in [2.45, 2.75) is 26.4 Å². The Balaban J connectivity index is 2.72. The van der Waals surface area contributed by atoms with Gasteiger partial charge in [0.15, 0.2) is 0 Å². The van der Waals surface area contributed by atoms with E-state index in [0.29, 0.717) is 6.54 Å². The van der Waals surface area contributed by atoms with Crippen LogP contribution in [0.3, 0.4) is 0 Å². The summed E-state index contributed by atoms with van der Waals surface area (Å²) in [5, 5.41) is 11.3. The van der Waals surface area contributed by atoms with Gasteiger partial charge in [-0.25, -0.2) is 0 Å². The van der Waals surface area contributed by atoms with Crippen LogP contribution in [0.2, 0.25) is 0 Å². The van der Waals surface area contributed by atoms with Crippen LogP contribution in [0.4, 0.5) is 0 Å². The topological polar surface area (TPSA) is 69.6 Å². The summed E-state index contributed by atoms with van der Waals surface area (Å²) in [5.41, 5.74) is 0.972. The first kappa shape index (κ1) is 15.2. The van der Waals surface area contributed by atoms with E-state index in [1.165, 1.54) is 11.8 Å². The summed E-state index contributed by atoms with van der Waals surface area (Å²) in [5.74, 6) is -0.421. The highest BCUT2D eigenvalue weighted by atomic mass is 16.3. The lowest BCUT2D eigenvalue weighted by Crippen LogP contribution is -2.47. The molecule has 19 heavy (non-hydrogen) atoms. The third kappa shape index (κ3) is 4.71. The molecule has 0 saturated carbocycles. The zero-order valence-electron chi connectivity index (χ0n) is 11.3. The fourth-order valence-electron chi connectivity index (χ4n) is 1.77. The van der Waals surface area contributed by atoms with Crippen LogP contribution in [0.1, 0.15) is 19.4 Å². The maximum atomic E-state index is 11.8. The average molecular weight is 264 g/mol. The third-order valence-electron chi connectivity index (χ3n) is 2.86. The molecule has 1 aromatic carbocycles. The summed E-state index contributed by atoms with van der Waals surface area (Å²) < 4.78 is 0. The molecule has 2 amide bonds. The monoisotopic (exact) mass is 264 g/mol. The highest BCUT2D eigenvalue weighted by molar-refractivity contribution is 5.86. The Morgan fingerprint density at radius 3 is 2.47 bits per heavy atom. The molecule has 1 atom stereocenters. The Morgan fingerprint density at radius 2 is 1.95 bits per heavy atom. The number of hydrogen-bond donors (Lipinski definition) is 2. The van der Waals surface area contributed by atoms with Crippen molar-refractivity contribution in [1.82, 2.24) is 10.2 Å². The summed E-state index contributed by atoms with van der Waals surface area (Å²) in [7, 11) is 0. The number of nitrogens with zero attached hydrogens (tertiary/aromatic N) is 1. The lowest BCUT2D eigenvalue weighted by Gasteiger charge is -2.27. The molecular formula is C14H20N2O3. The predicted molar refractivity (Wildman–Crippen MR) is 72.2 cm³/mol. The maximum Gasteiger partial charge on any atom is 0.242 e. The van der Waals surface area contributed by atoms with Crippen molar-refractivity contribution in [3.8, 4) is 0 Å². The molecule has 0 aliphatic heterocycles. The number of carbonyl (C=O) groups excluding carboxylic acids is 2. The van der Waals surface area contributed by atoms with Gasteiger partial charge in [0.2, 0.25) is 11.8 Å². The molecule has 0 bridgehead atoms. The highest BCUT2D eigenvalue weighted by Gasteiger charge is 2.23. The molecule has 1 rings (SSSR count). The van der Waals surface area contributed by atoms with Gasteiger partial charge in [-0.3, -0.25) is 9.59 Å². The molecule has 5 heteroatoms. The number of benzene rings is 1. The van der Waals surface area contributed by atoms with E-state index in [0.717, 1.165) is 5.56 Å². The zero-order chi connectivity index (χ0) is 14.3. The molecule has 0 aliphatic rings. The molecule has 0 unspecified atom stereocenters. The van der Waals surface area contributed by atoms with Crippen molar-refractivity contribution < 1.29 is 14.7 Å². The summed E-state index contributed by atoms with van der Waals surface area (Å²) in [6, 6.07) is 8.94. The first-order valence-corrected chi connectivity index (χ1v) is 6.26. The van der Waals surface area contributed by atoms with Gasteiger partial charge in [0.05, 0.1) is 6.61 Å². The molecule has 1 aromatic rings. The van der Waals surface area contributed by atoms with E-state index in [1.807, 2.05) is 30.3 Å². The first-order chi connectivity index (χ1) is 9.06. The van der Waals surface area contributed by atoms with Crippen molar-refractivity contribution in [1.29, 1.82) is 0 Å². The summed E-state index contributed by atoms with van der Waals surface area (Å²) in [4.78, 5) is 25.0. The lowest BCUT2D eigenvalue weighted by atomic mass is 10.1. The molecule has 0 fully saturated rings. The minimum Gasteiger partial charge on any atom is -0.395 e. The van der Waals surface area contributed by atoms with Crippen LogP contribution < -0.4 is 5.32 Å². The minimum absolute atomic E-state index is 0.114. The van der Waals surface area contributed by atoms with Crippen molar-refractivity contribution in [2.75, 3.05) is 13.2 Å². The number of amides is 2. The second-order valence-corrected chi connectivity index (χ2v) is 4.32. The second-order valence-electron chi connectivity index (χ2n) is 4.32. The van der Waals surface area contributed by atoms with Gasteiger partial charge in [-0.2, -0.15) is 0 Å². The normalized spacial score (nSPS) is 11.7. The standard InChI is InChI=1S/C14H20N2O3/c1-11(14(19)15-8-9-17)16(12(2)18)10-13-6-4-3-5-7-13/h3-7,11,17H,8-10H2,1-2H3,(H,15,19)/t11-/m1/s1. The van der Waals surface area contributed by atoms with Crippen LogP contribution in [0, 0.1) is 0 Å². The van der Waals surface area contributed by atoms with Crippen molar-refractivity contribution in [3.05, 3.63) is 35.9 Å². The number of nitrogens with one attached hydrogen (secondary N) is 1. The number of aliphatic hydroxyl groups is 1. The quantitative estimate of drug-likeness (QED) is 0.787. The third-order valence-corrected chi connectivity index (χ3v) is 2.86. The SMILES string of the molecule is CC(=O)N(Cc1ccccc1)[C@H](C)C(=O)NCCO. The van der Waals surface area contributed by atoms with Crippen LogP contribution in [-0.2, 0) is 16.1 Å². The van der Waals surface area contributed by atoms with E-state index in [4.69, 9.17) is 5.11 Å². The molecule has 0 heterocycles. The van der Waals surface area contributed by atoms with Gasteiger partial charge in [-0.05, 0) is 12.5 Å². The van der Waals surface area contributed by atoms with Gasteiger partial charge in [0.1, 0.15) is 6.04 Å². The van der Waals surface area contributed by atoms with Gasteiger partial charge >= 0.3 is 0 Å². The number of rotatable bonds is 6. The summed E-state index contributed by atoms with van der Waals surface area (Å²) in [6.45, 7) is 3.59. The second kappa shape index (κ2) is 7.53. The molecule has 104 valence electrons. The van der Waals surface area contributed by atoms with Gasteiger partial charge in [0.25, 0.3) is 0 Å².